The Labute approximate surface area is 182 Å². The molecule has 3 aliphatic heterocycles. The molecule has 2 N–H and O–H groups in total. The lowest BCUT2D eigenvalue weighted by Gasteiger charge is -2.34. The molecule has 1 saturated carbocycles. The van der Waals surface area contributed by atoms with Crippen molar-refractivity contribution in [1.82, 2.24) is 4.98 Å². The first kappa shape index (κ1) is 19.4. The number of nitrogens with zero attached hydrogens (tertiary/aromatic N) is 2. The van der Waals surface area contributed by atoms with E-state index < -0.39 is 0 Å². The molecule has 6 rings (SSSR count). The van der Waals surface area contributed by atoms with Gasteiger partial charge >= 0.3 is 0 Å². The summed E-state index contributed by atoms with van der Waals surface area (Å²) in [6, 6.07) is 9.53. The van der Waals surface area contributed by atoms with Gasteiger partial charge in [-0.05, 0) is 73.8 Å². The second kappa shape index (κ2) is 8.31. The number of nitrogens with one attached hydrogen (secondary N) is 2. The number of aromatic nitrogens is 1. The quantitative estimate of drug-likeness (QED) is 0.599. The van der Waals surface area contributed by atoms with Gasteiger partial charge in [-0.25, -0.2) is 4.98 Å². The van der Waals surface area contributed by atoms with Gasteiger partial charge in [-0.2, -0.15) is 0 Å². The van der Waals surface area contributed by atoms with E-state index in [1.54, 1.807) is 6.07 Å². The summed E-state index contributed by atoms with van der Waals surface area (Å²) >= 11 is 6.29. The number of carbonyl (C=O) groups is 1. The van der Waals surface area contributed by atoms with E-state index in [1.165, 1.54) is 18.4 Å². The van der Waals surface area contributed by atoms with Crippen LogP contribution in [0.5, 0.6) is 0 Å². The van der Waals surface area contributed by atoms with E-state index in [4.69, 9.17) is 16.6 Å². The standard InChI is InChI=1S/C24H27ClN4O/c25-18-6-7-20-21(15-18)29-13-10-16(11-14-29)3-1-2-12-26-23-19(17-4-5-17)8-9-22(27-23)28-24(20)30/h1-2,6-9,15-17H,3-5,10-14H2,(H2,26,27,28,30)/b2-1+. The van der Waals surface area contributed by atoms with Crippen LogP contribution < -0.4 is 15.5 Å². The highest BCUT2D eigenvalue weighted by molar-refractivity contribution is 6.31. The molecule has 1 saturated heterocycles. The molecule has 156 valence electrons. The van der Waals surface area contributed by atoms with Crippen molar-refractivity contribution in [3.8, 4) is 0 Å². The summed E-state index contributed by atoms with van der Waals surface area (Å²) in [4.78, 5) is 20.2. The lowest BCUT2D eigenvalue weighted by atomic mass is 9.92. The molecule has 30 heavy (non-hydrogen) atoms. The number of halogens is 1. The average molecular weight is 423 g/mol. The molecule has 0 radical (unpaired) electrons. The van der Waals surface area contributed by atoms with Crippen LogP contribution in [0.1, 0.15) is 53.9 Å². The van der Waals surface area contributed by atoms with E-state index in [1.807, 2.05) is 18.2 Å². The zero-order valence-corrected chi connectivity index (χ0v) is 17.8. The van der Waals surface area contributed by atoms with Gasteiger partial charge in [0.15, 0.2) is 0 Å². The van der Waals surface area contributed by atoms with Crippen molar-refractivity contribution in [3.63, 3.8) is 0 Å². The summed E-state index contributed by atoms with van der Waals surface area (Å²) in [5, 5.41) is 7.12. The van der Waals surface area contributed by atoms with Crippen molar-refractivity contribution in [2.45, 2.75) is 38.0 Å². The molecule has 1 aliphatic carbocycles. The Morgan fingerprint density at radius 2 is 1.87 bits per heavy atom. The third-order valence-corrected chi connectivity index (χ3v) is 6.60. The van der Waals surface area contributed by atoms with Gasteiger partial charge in [0.1, 0.15) is 11.6 Å². The fraction of sp³-hybridized carbons (Fsp3) is 0.417. The third kappa shape index (κ3) is 4.17. The third-order valence-electron chi connectivity index (χ3n) is 6.37. The van der Waals surface area contributed by atoms with E-state index in [2.05, 4.69) is 33.8 Å². The van der Waals surface area contributed by atoms with E-state index >= 15 is 0 Å². The molecule has 4 heterocycles. The highest BCUT2D eigenvalue weighted by Gasteiger charge is 2.27. The van der Waals surface area contributed by atoms with E-state index in [-0.39, 0.29) is 5.91 Å². The van der Waals surface area contributed by atoms with Crippen LogP contribution in [0.25, 0.3) is 0 Å². The number of anilines is 3. The van der Waals surface area contributed by atoms with Gasteiger partial charge in [0.25, 0.3) is 5.91 Å². The molecule has 1 aromatic heterocycles. The van der Waals surface area contributed by atoms with E-state index in [9.17, 15) is 4.79 Å². The van der Waals surface area contributed by atoms with Gasteiger partial charge in [0.05, 0.1) is 11.3 Å². The van der Waals surface area contributed by atoms with Crippen LogP contribution in [0.4, 0.5) is 17.3 Å². The van der Waals surface area contributed by atoms with Crippen LogP contribution in [0.15, 0.2) is 42.5 Å². The molecule has 5 nitrogen and oxygen atoms in total. The summed E-state index contributed by atoms with van der Waals surface area (Å²) in [6.45, 7) is 2.63. The molecule has 4 aliphatic rings. The van der Waals surface area contributed by atoms with Crippen LogP contribution in [-0.2, 0) is 0 Å². The molecule has 4 bridgehead atoms. The topological polar surface area (TPSA) is 57.3 Å². The first-order valence-electron chi connectivity index (χ1n) is 10.9. The van der Waals surface area contributed by atoms with Crippen molar-refractivity contribution >= 4 is 34.8 Å². The molecule has 2 fully saturated rings. The van der Waals surface area contributed by atoms with Crippen LogP contribution in [0, 0.1) is 5.92 Å². The molecule has 6 heteroatoms. The Bertz CT molecular complexity index is 977. The maximum Gasteiger partial charge on any atom is 0.258 e. The number of hydrogen-bond acceptors (Lipinski definition) is 4. The van der Waals surface area contributed by atoms with Crippen molar-refractivity contribution in [2.24, 2.45) is 5.92 Å². The largest absolute Gasteiger partial charge is 0.371 e. The zero-order chi connectivity index (χ0) is 20.5. The van der Waals surface area contributed by atoms with Gasteiger partial charge in [-0.15, -0.1) is 0 Å². The zero-order valence-electron chi connectivity index (χ0n) is 17.0. The molecule has 1 aromatic carbocycles. The fourth-order valence-corrected chi connectivity index (χ4v) is 4.65. The first-order chi connectivity index (χ1) is 14.7. The molecular weight excluding hydrogens is 396 g/mol. The summed E-state index contributed by atoms with van der Waals surface area (Å²) in [6.07, 6.45) is 10.3. The Morgan fingerprint density at radius 3 is 2.67 bits per heavy atom. The van der Waals surface area contributed by atoms with Gasteiger partial charge in [-0.1, -0.05) is 29.8 Å². The van der Waals surface area contributed by atoms with Gasteiger partial charge in [0.2, 0.25) is 0 Å². The number of hydrogen-bond donors (Lipinski definition) is 2. The number of fused-ring (bicyclic) bond motifs is 6. The molecule has 0 unspecified atom stereocenters. The summed E-state index contributed by atoms with van der Waals surface area (Å²) < 4.78 is 0. The van der Waals surface area contributed by atoms with Crippen molar-refractivity contribution in [3.05, 3.63) is 58.6 Å². The second-order valence-electron chi connectivity index (χ2n) is 8.54. The van der Waals surface area contributed by atoms with Crippen LogP contribution >= 0.6 is 11.6 Å². The smallest absolute Gasteiger partial charge is 0.258 e. The number of pyridine rings is 1. The van der Waals surface area contributed by atoms with Crippen LogP contribution in [0.3, 0.4) is 0 Å². The lowest BCUT2D eigenvalue weighted by Crippen LogP contribution is -2.35. The minimum Gasteiger partial charge on any atom is -0.371 e. The van der Waals surface area contributed by atoms with Crippen LogP contribution in [0.2, 0.25) is 5.02 Å². The maximum atomic E-state index is 13.2. The predicted molar refractivity (Wildman–Crippen MR) is 123 cm³/mol. The first-order valence-corrected chi connectivity index (χ1v) is 11.3. The molecule has 0 atom stereocenters. The number of rotatable bonds is 1. The minimum atomic E-state index is -0.145. The Kier molecular flexibility index (Phi) is 5.38. The summed E-state index contributed by atoms with van der Waals surface area (Å²) in [5.74, 6) is 2.58. The summed E-state index contributed by atoms with van der Waals surface area (Å²) in [7, 11) is 0. The summed E-state index contributed by atoms with van der Waals surface area (Å²) in [5.41, 5.74) is 2.81. The lowest BCUT2D eigenvalue weighted by molar-refractivity contribution is 0.102. The normalized spacial score (nSPS) is 21.0. The maximum absolute atomic E-state index is 13.2. The number of piperidine rings is 1. The van der Waals surface area contributed by atoms with Gasteiger partial charge < -0.3 is 15.5 Å². The monoisotopic (exact) mass is 422 g/mol. The number of allylic oxidation sites excluding steroid dienone is 1. The Balaban J connectivity index is 1.50. The van der Waals surface area contributed by atoms with Crippen LogP contribution in [-0.4, -0.2) is 30.5 Å². The van der Waals surface area contributed by atoms with Gasteiger partial charge in [0, 0.05) is 24.7 Å². The molecule has 1 amide bonds. The second-order valence-corrected chi connectivity index (χ2v) is 8.98. The Hall–Kier alpha value is -2.53. The number of carbonyl (C=O) groups excluding carboxylic acids is 1. The van der Waals surface area contributed by atoms with E-state index in [0.29, 0.717) is 28.2 Å². The molecular formula is C24H27ClN4O. The predicted octanol–water partition coefficient (Wildman–Crippen LogP) is 5.45. The van der Waals surface area contributed by atoms with Gasteiger partial charge in [-0.3, -0.25) is 4.79 Å². The molecule has 0 spiro atoms. The minimum absolute atomic E-state index is 0.145. The highest BCUT2D eigenvalue weighted by Crippen LogP contribution is 2.43. The molecule has 2 aromatic rings. The van der Waals surface area contributed by atoms with Crippen molar-refractivity contribution in [2.75, 3.05) is 35.2 Å². The highest BCUT2D eigenvalue weighted by atomic mass is 35.5. The average Bonchev–Trinajstić information content (AvgIpc) is 3.59. The number of amides is 1. The van der Waals surface area contributed by atoms with Crippen molar-refractivity contribution in [1.29, 1.82) is 0 Å². The fourth-order valence-electron chi connectivity index (χ4n) is 4.48. The number of benzene rings is 1. The Morgan fingerprint density at radius 1 is 1.03 bits per heavy atom. The van der Waals surface area contributed by atoms with E-state index in [0.717, 1.165) is 50.4 Å². The van der Waals surface area contributed by atoms with Crippen molar-refractivity contribution < 1.29 is 4.79 Å². The SMILES string of the molecule is O=C1Nc2ccc(C3CC3)c(n2)NC/C=C/CC2CCN(CC2)c2cc(Cl)ccc21.